The van der Waals surface area contributed by atoms with Gasteiger partial charge in [-0.05, 0) is 28.8 Å². The lowest BCUT2D eigenvalue weighted by Gasteiger charge is -2.27. The molecule has 0 saturated heterocycles. The Kier molecular flexibility index (Phi) is 6.95. The molecular weight excluding hydrogens is 423 g/mol. The average molecular weight is 443 g/mol. The Morgan fingerprint density at radius 3 is 1.62 bits per heavy atom. The highest BCUT2D eigenvalue weighted by Crippen LogP contribution is 2.31. The molecule has 0 radical (unpaired) electrons. The molecule has 0 spiro atoms. The van der Waals surface area contributed by atoms with E-state index in [0.29, 0.717) is 11.1 Å². The molecule has 0 aromatic heterocycles. The van der Waals surface area contributed by atoms with Crippen molar-refractivity contribution in [2.75, 3.05) is 0 Å². The maximum absolute atomic E-state index is 12.7. The highest BCUT2D eigenvalue weighted by atomic mass is 19.4. The molecule has 32 heavy (non-hydrogen) atoms. The molecule has 0 heterocycles. The van der Waals surface area contributed by atoms with E-state index in [4.69, 9.17) is 0 Å². The summed E-state index contributed by atoms with van der Waals surface area (Å²) in [6, 6.07) is 19.4. The highest BCUT2D eigenvalue weighted by Gasteiger charge is 2.34. The number of aliphatic hydroxyl groups excluding tert-OH is 1. The fourth-order valence-corrected chi connectivity index (χ4v) is 3.42. The monoisotopic (exact) mass is 443 g/mol. The van der Waals surface area contributed by atoms with Gasteiger partial charge in [-0.1, -0.05) is 72.8 Å². The maximum Gasteiger partial charge on any atom is 0.416 e. The van der Waals surface area contributed by atoms with Crippen LogP contribution >= 0.6 is 0 Å². The van der Waals surface area contributed by atoms with Crippen LogP contribution in [0.4, 0.5) is 13.2 Å². The number of alkyl halides is 3. The van der Waals surface area contributed by atoms with Crippen molar-refractivity contribution in [2.45, 2.75) is 24.2 Å². The third-order valence-corrected chi connectivity index (χ3v) is 5.02. The molecule has 8 heteroatoms. The van der Waals surface area contributed by atoms with Crippen molar-refractivity contribution in [1.29, 1.82) is 0 Å². The van der Waals surface area contributed by atoms with Gasteiger partial charge in [0, 0.05) is 5.92 Å². The van der Waals surface area contributed by atoms with E-state index in [1.165, 1.54) is 0 Å². The Labute approximate surface area is 182 Å². The quantitative estimate of drug-likeness (QED) is 0.512. The van der Waals surface area contributed by atoms with Crippen molar-refractivity contribution in [3.05, 3.63) is 107 Å². The molecule has 3 aromatic rings. The molecule has 5 nitrogen and oxygen atoms in total. The maximum atomic E-state index is 12.7. The van der Waals surface area contributed by atoms with Gasteiger partial charge < -0.3 is 15.5 Å². The van der Waals surface area contributed by atoms with Crippen molar-refractivity contribution >= 4 is 11.9 Å². The molecule has 1 amide bonds. The van der Waals surface area contributed by atoms with E-state index in [0.717, 1.165) is 24.3 Å². The molecule has 3 aromatic carbocycles. The van der Waals surface area contributed by atoms with Crippen LogP contribution in [-0.4, -0.2) is 28.1 Å². The smallest absolute Gasteiger partial charge is 0.416 e. The van der Waals surface area contributed by atoms with Gasteiger partial charge >= 0.3 is 12.1 Å². The summed E-state index contributed by atoms with van der Waals surface area (Å²) in [5, 5.41) is 22.6. The predicted molar refractivity (Wildman–Crippen MR) is 111 cm³/mol. The number of carbonyl (C=O) groups excluding carboxylic acids is 1. The number of nitrogens with one attached hydrogen (secondary N) is 1. The van der Waals surface area contributed by atoms with Crippen molar-refractivity contribution in [3.8, 4) is 0 Å². The second-order valence-electron chi connectivity index (χ2n) is 7.15. The summed E-state index contributed by atoms with van der Waals surface area (Å²) in [4.78, 5) is 24.8. The van der Waals surface area contributed by atoms with Gasteiger partial charge in [0.25, 0.3) is 5.91 Å². The van der Waals surface area contributed by atoms with Gasteiger partial charge in [0.2, 0.25) is 0 Å². The Hall–Kier alpha value is -3.65. The van der Waals surface area contributed by atoms with Gasteiger partial charge in [-0.3, -0.25) is 4.79 Å². The Bertz CT molecular complexity index is 1010. The van der Waals surface area contributed by atoms with Crippen LogP contribution in [-0.2, 0) is 15.8 Å². The number of aliphatic carboxylic acids is 1. The Morgan fingerprint density at radius 1 is 0.750 bits per heavy atom. The van der Waals surface area contributed by atoms with Crippen LogP contribution in [0.5, 0.6) is 0 Å². The third-order valence-electron chi connectivity index (χ3n) is 5.02. The van der Waals surface area contributed by atoms with Gasteiger partial charge in [-0.2, -0.15) is 13.2 Å². The lowest BCUT2D eigenvalue weighted by atomic mass is 9.84. The molecule has 2 atom stereocenters. The average Bonchev–Trinajstić information content (AvgIpc) is 2.79. The molecule has 0 unspecified atom stereocenters. The molecule has 3 rings (SSSR count). The number of rotatable bonds is 7. The van der Waals surface area contributed by atoms with E-state index in [2.05, 4.69) is 5.32 Å². The summed E-state index contributed by atoms with van der Waals surface area (Å²) in [7, 11) is 0. The molecule has 0 saturated carbocycles. The van der Waals surface area contributed by atoms with Crippen molar-refractivity contribution in [2.24, 2.45) is 0 Å². The third kappa shape index (κ3) is 5.33. The Morgan fingerprint density at radius 2 is 1.22 bits per heavy atom. The van der Waals surface area contributed by atoms with Crippen molar-refractivity contribution < 1.29 is 33.0 Å². The van der Waals surface area contributed by atoms with Gasteiger partial charge in [0.15, 0.2) is 6.10 Å². The minimum atomic E-state index is -4.56. The SMILES string of the molecule is O=C(N[C@@H](C(=O)O)C(c1ccccc1)c1ccccc1)[C@H](O)c1ccc(C(F)(F)F)cc1. The van der Waals surface area contributed by atoms with E-state index < -0.39 is 41.7 Å². The largest absolute Gasteiger partial charge is 0.480 e. The van der Waals surface area contributed by atoms with Crippen LogP contribution in [0.3, 0.4) is 0 Å². The number of hydrogen-bond donors (Lipinski definition) is 3. The number of hydrogen-bond acceptors (Lipinski definition) is 3. The van der Waals surface area contributed by atoms with Gasteiger partial charge in [0.05, 0.1) is 5.56 Å². The van der Waals surface area contributed by atoms with E-state index >= 15 is 0 Å². The van der Waals surface area contributed by atoms with Gasteiger partial charge in [-0.15, -0.1) is 0 Å². The summed E-state index contributed by atoms with van der Waals surface area (Å²) in [5.41, 5.74) is 0.256. The number of benzene rings is 3. The molecule has 0 aliphatic carbocycles. The van der Waals surface area contributed by atoms with Crippen LogP contribution in [0, 0.1) is 0 Å². The van der Waals surface area contributed by atoms with Crippen LogP contribution in [0.1, 0.15) is 34.3 Å². The van der Waals surface area contributed by atoms with Crippen LogP contribution in [0.25, 0.3) is 0 Å². The first-order valence-electron chi connectivity index (χ1n) is 9.67. The minimum Gasteiger partial charge on any atom is -0.480 e. The fourth-order valence-electron chi connectivity index (χ4n) is 3.42. The fraction of sp³-hybridized carbons (Fsp3) is 0.167. The number of carbonyl (C=O) groups is 2. The lowest BCUT2D eigenvalue weighted by Crippen LogP contribution is -2.47. The number of aliphatic hydroxyl groups is 1. The summed E-state index contributed by atoms with van der Waals surface area (Å²) in [6.45, 7) is 0. The lowest BCUT2D eigenvalue weighted by molar-refractivity contribution is -0.144. The second kappa shape index (κ2) is 9.65. The van der Waals surface area contributed by atoms with Gasteiger partial charge in [-0.25, -0.2) is 4.79 Å². The highest BCUT2D eigenvalue weighted by molar-refractivity contribution is 5.88. The summed E-state index contributed by atoms with van der Waals surface area (Å²) >= 11 is 0. The molecule has 0 fully saturated rings. The first kappa shape index (κ1) is 23.0. The number of amides is 1. The predicted octanol–water partition coefficient (Wildman–Crippen LogP) is 4.14. The van der Waals surface area contributed by atoms with Crippen LogP contribution in [0.15, 0.2) is 84.9 Å². The van der Waals surface area contributed by atoms with E-state index in [9.17, 15) is 33.0 Å². The molecule has 166 valence electrons. The normalized spacial score (nSPS) is 13.4. The molecule has 0 bridgehead atoms. The second-order valence-corrected chi connectivity index (χ2v) is 7.15. The topological polar surface area (TPSA) is 86.6 Å². The van der Waals surface area contributed by atoms with Gasteiger partial charge in [0.1, 0.15) is 6.04 Å². The first-order valence-corrected chi connectivity index (χ1v) is 9.67. The number of carboxylic acid groups (broad SMARTS) is 1. The summed E-state index contributed by atoms with van der Waals surface area (Å²) in [5.74, 6) is -3.12. The zero-order chi connectivity index (χ0) is 23.3. The molecule has 3 N–H and O–H groups in total. The van der Waals surface area contributed by atoms with E-state index in [1.807, 2.05) is 0 Å². The number of halogens is 3. The standard InChI is InChI=1S/C24H20F3NO4/c25-24(26,27)18-13-11-17(12-14-18)21(29)22(30)28-20(23(31)32)19(15-7-3-1-4-8-15)16-9-5-2-6-10-16/h1-14,19-21,29H,(H,28,30)(H,31,32)/t20-,21-/m1/s1. The Balaban J connectivity index is 1.88. The summed E-state index contributed by atoms with van der Waals surface area (Å²) in [6.07, 6.45) is -6.40. The zero-order valence-corrected chi connectivity index (χ0v) is 16.7. The van der Waals surface area contributed by atoms with Crippen LogP contribution in [0.2, 0.25) is 0 Å². The van der Waals surface area contributed by atoms with Crippen molar-refractivity contribution in [1.82, 2.24) is 5.32 Å². The molecular formula is C24H20F3NO4. The summed E-state index contributed by atoms with van der Waals surface area (Å²) < 4.78 is 38.2. The minimum absolute atomic E-state index is 0.0874. The van der Waals surface area contributed by atoms with E-state index in [1.54, 1.807) is 60.7 Å². The number of carboxylic acids is 1. The van der Waals surface area contributed by atoms with Crippen molar-refractivity contribution in [3.63, 3.8) is 0 Å². The van der Waals surface area contributed by atoms with E-state index in [-0.39, 0.29) is 5.56 Å². The zero-order valence-electron chi connectivity index (χ0n) is 16.7. The van der Waals surface area contributed by atoms with Crippen LogP contribution < -0.4 is 5.32 Å². The molecule has 0 aliphatic heterocycles. The first-order chi connectivity index (χ1) is 15.2. The molecule has 0 aliphatic rings.